The van der Waals surface area contributed by atoms with E-state index in [4.69, 9.17) is 9.47 Å². The second-order valence-corrected chi connectivity index (χ2v) is 6.24. The number of hydrogen-bond donors (Lipinski definition) is 1. The molecular weight excluding hydrogens is 362 g/mol. The number of aromatic nitrogens is 1. The van der Waals surface area contributed by atoms with E-state index in [0.29, 0.717) is 17.0 Å². The summed E-state index contributed by atoms with van der Waals surface area (Å²) in [6.45, 7) is 2.25. The van der Waals surface area contributed by atoms with Gasteiger partial charge in [-0.2, -0.15) is 0 Å². The quantitative estimate of drug-likeness (QED) is 0.769. The van der Waals surface area contributed by atoms with Gasteiger partial charge in [0.1, 0.15) is 11.6 Å². The number of carbonyl (C=O) groups is 3. The second-order valence-electron chi connectivity index (χ2n) is 6.24. The minimum Gasteiger partial charge on any atom is -0.497 e. The summed E-state index contributed by atoms with van der Waals surface area (Å²) in [6.07, 6.45) is 1.53. The van der Waals surface area contributed by atoms with Crippen molar-refractivity contribution >= 4 is 29.3 Å². The Kier molecular flexibility index (Phi) is 5.88. The van der Waals surface area contributed by atoms with E-state index in [0.717, 1.165) is 0 Å². The van der Waals surface area contributed by atoms with Crippen LogP contribution >= 0.6 is 0 Å². The highest BCUT2D eigenvalue weighted by atomic mass is 16.5. The van der Waals surface area contributed by atoms with Gasteiger partial charge < -0.3 is 19.7 Å². The third-order valence-electron chi connectivity index (χ3n) is 4.40. The number of amides is 2. The van der Waals surface area contributed by atoms with E-state index in [1.807, 2.05) is 0 Å². The number of nitrogens with one attached hydrogen (secondary N) is 1. The molecule has 1 unspecified atom stereocenters. The van der Waals surface area contributed by atoms with Crippen molar-refractivity contribution in [3.05, 3.63) is 48.2 Å². The summed E-state index contributed by atoms with van der Waals surface area (Å²) < 4.78 is 10.1. The maximum atomic E-state index is 12.6. The molecule has 8 heteroatoms. The lowest BCUT2D eigenvalue weighted by molar-refractivity contribution is -0.122. The highest BCUT2D eigenvalue weighted by molar-refractivity contribution is 6.03. The van der Waals surface area contributed by atoms with Crippen LogP contribution < -0.4 is 15.0 Å². The maximum absolute atomic E-state index is 12.6. The smallest absolute Gasteiger partial charge is 0.338 e. The third kappa shape index (κ3) is 4.28. The number of ether oxygens (including phenoxy) is 2. The number of benzene rings is 1. The van der Waals surface area contributed by atoms with E-state index in [9.17, 15) is 14.4 Å². The first-order chi connectivity index (χ1) is 13.5. The molecule has 2 aromatic rings. The number of carbonyl (C=O) groups excluding carboxylic acids is 3. The fraction of sp³-hybridized carbons (Fsp3) is 0.300. The van der Waals surface area contributed by atoms with Crippen molar-refractivity contribution < 1.29 is 23.9 Å². The van der Waals surface area contributed by atoms with E-state index in [1.54, 1.807) is 43.2 Å². The molecule has 1 aliphatic rings. The normalized spacial score (nSPS) is 16.0. The molecule has 0 saturated carbocycles. The summed E-state index contributed by atoms with van der Waals surface area (Å²) in [6, 6.07) is 10.1. The lowest BCUT2D eigenvalue weighted by Crippen LogP contribution is -2.28. The summed E-state index contributed by atoms with van der Waals surface area (Å²) in [5.41, 5.74) is 1.01. The minimum absolute atomic E-state index is 0.107. The summed E-state index contributed by atoms with van der Waals surface area (Å²) in [7, 11) is 1.57. The Hall–Kier alpha value is -3.42. The van der Waals surface area contributed by atoms with Crippen molar-refractivity contribution in [3.63, 3.8) is 0 Å². The summed E-state index contributed by atoms with van der Waals surface area (Å²) in [5.74, 6) is -0.510. The Morgan fingerprint density at radius 1 is 1.25 bits per heavy atom. The molecule has 1 aliphatic heterocycles. The van der Waals surface area contributed by atoms with Crippen LogP contribution in [0.3, 0.4) is 0 Å². The first kappa shape index (κ1) is 19.3. The average Bonchev–Trinajstić information content (AvgIpc) is 3.10. The number of pyridine rings is 1. The molecule has 2 amide bonds. The summed E-state index contributed by atoms with van der Waals surface area (Å²) in [4.78, 5) is 42.4. The lowest BCUT2D eigenvalue weighted by atomic mass is 10.1. The van der Waals surface area contributed by atoms with Crippen LogP contribution in [-0.4, -0.2) is 43.0 Å². The molecule has 3 rings (SSSR count). The number of methoxy groups -OCH3 is 1. The largest absolute Gasteiger partial charge is 0.497 e. The predicted molar refractivity (Wildman–Crippen MR) is 102 cm³/mol. The van der Waals surface area contributed by atoms with Gasteiger partial charge in [0.05, 0.1) is 25.2 Å². The van der Waals surface area contributed by atoms with Gasteiger partial charge in [-0.1, -0.05) is 0 Å². The topological polar surface area (TPSA) is 97.8 Å². The summed E-state index contributed by atoms with van der Waals surface area (Å²) in [5, 5.41) is 2.68. The molecule has 1 atom stereocenters. The Labute approximate surface area is 162 Å². The van der Waals surface area contributed by atoms with Gasteiger partial charge in [0, 0.05) is 24.8 Å². The SMILES string of the molecule is CCOC(=O)c1ccnc(NC(=O)C2CC(=O)N(c3ccc(OC)cc3)C2)c1. The molecule has 1 aromatic heterocycles. The molecule has 8 nitrogen and oxygen atoms in total. The van der Waals surface area contributed by atoms with Crippen molar-refractivity contribution in [1.29, 1.82) is 0 Å². The van der Waals surface area contributed by atoms with Gasteiger partial charge in [0.2, 0.25) is 11.8 Å². The van der Waals surface area contributed by atoms with Gasteiger partial charge in [-0.05, 0) is 43.3 Å². The fourth-order valence-electron chi connectivity index (χ4n) is 2.96. The maximum Gasteiger partial charge on any atom is 0.338 e. The first-order valence-electron chi connectivity index (χ1n) is 8.90. The molecular formula is C20H21N3O5. The molecule has 1 aromatic carbocycles. The molecule has 0 radical (unpaired) electrons. The van der Waals surface area contributed by atoms with Crippen LogP contribution in [0.25, 0.3) is 0 Å². The zero-order chi connectivity index (χ0) is 20.1. The third-order valence-corrected chi connectivity index (χ3v) is 4.40. The number of hydrogen-bond acceptors (Lipinski definition) is 6. The van der Waals surface area contributed by atoms with Crippen LogP contribution in [0.15, 0.2) is 42.6 Å². The van der Waals surface area contributed by atoms with Crippen molar-refractivity contribution in [3.8, 4) is 5.75 Å². The zero-order valence-electron chi connectivity index (χ0n) is 15.7. The van der Waals surface area contributed by atoms with E-state index < -0.39 is 11.9 Å². The van der Waals surface area contributed by atoms with Crippen LogP contribution in [0.5, 0.6) is 5.75 Å². The van der Waals surface area contributed by atoms with Gasteiger partial charge in [-0.3, -0.25) is 9.59 Å². The van der Waals surface area contributed by atoms with E-state index in [1.165, 1.54) is 18.3 Å². The highest BCUT2D eigenvalue weighted by Gasteiger charge is 2.35. The molecule has 1 fully saturated rings. The lowest BCUT2D eigenvalue weighted by Gasteiger charge is -2.17. The van der Waals surface area contributed by atoms with Gasteiger partial charge in [-0.15, -0.1) is 0 Å². The first-order valence-corrected chi connectivity index (χ1v) is 8.90. The Morgan fingerprint density at radius 2 is 2.00 bits per heavy atom. The number of anilines is 2. The predicted octanol–water partition coefficient (Wildman–Crippen LogP) is 2.26. The monoisotopic (exact) mass is 383 g/mol. The van der Waals surface area contributed by atoms with E-state index in [-0.39, 0.29) is 37.2 Å². The number of nitrogens with zero attached hydrogens (tertiary/aromatic N) is 2. The van der Waals surface area contributed by atoms with Crippen LogP contribution in [0, 0.1) is 5.92 Å². The van der Waals surface area contributed by atoms with Crippen LogP contribution in [0.4, 0.5) is 11.5 Å². The van der Waals surface area contributed by atoms with E-state index >= 15 is 0 Å². The van der Waals surface area contributed by atoms with E-state index in [2.05, 4.69) is 10.3 Å². The Balaban J connectivity index is 1.66. The minimum atomic E-state index is -0.511. The molecule has 1 saturated heterocycles. The molecule has 146 valence electrons. The molecule has 2 heterocycles. The molecule has 0 aliphatic carbocycles. The molecule has 1 N–H and O–H groups in total. The Morgan fingerprint density at radius 3 is 2.68 bits per heavy atom. The van der Waals surface area contributed by atoms with Gasteiger partial charge in [0.15, 0.2) is 0 Å². The molecule has 28 heavy (non-hydrogen) atoms. The van der Waals surface area contributed by atoms with Crippen LogP contribution in [0.2, 0.25) is 0 Å². The zero-order valence-corrected chi connectivity index (χ0v) is 15.7. The number of rotatable bonds is 6. The van der Waals surface area contributed by atoms with Crippen LogP contribution in [0.1, 0.15) is 23.7 Å². The number of esters is 1. The standard InChI is InChI=1S/C20H21N3O5/c1-3-28-20(26)13-8-9-21-17(10-13)22-19(25)14-11-18(24)23(12-14)15-4-6-16(27-2)7-5-15/h4-10,14H,3,11-12H2,1-2H3,(H,21,22,25). The highest BCUT2D eigenvalue weighted by Crippen LogP contribution is 2.27. The van der Waals surface area contributed by atoms with Gasteiger partial charge in [-0.25, -0.2) is 9.78 Å². The Bertz CT molecular complexity index is 882. The van der Waals surface area contributed by atoms with Gasteiger partial charge in [0.25, 0.3) is 0 Å². The average molecular weight is 383 g/mol. The fourth-order valence-corrected chi connectivity index (χ4v) is 2.96. The second kappa shape index (κ2) is 8.51. The van der Waals surface area contributed by atoms with Crippen molar-refractivity contribution in [2.45, 2.75) is 13.3 Å². The van der Waals surface area contributed by atoms with Crippen molar-refractivity contribution in [2.75, 3.05) is 30.5 Å². The van der Waals surface area contributed by atoms with Crippen LogP contribution in [-0.2, 0) is 14.3 Å². The van der Waals surface area contributed by atoms with Crippen molar-refractivity contribution in [2.24, 2.45) is 5.92 Å². The molecule has 0 spiro atoms. The molecule has 0 bridgehead atoms. The van der Waals surface area contributed by atoms with Gasteiger partial charge >= 0.3 is 5.97 Å². The van der Waals surface area contributed by atoms with Crippen molar-refractivity contribution in [1.82, 2.24) is 4.98 Å². The summed E-state index contributed by atoms with van der Waals surface area (Å²) >= 11 is 0.